The molecule has 1 aliphatic rings. The summed E-state index contributed by atoms with van der Waals surface area (Å²) < 4.78 is 0. The highest BCUT2D eigenvalue weighted by Gasteiger charge is 2.17. The standard InChI is InChI=1S/C11H14N/c1-10-7-8-12(9-10)11-5-3-2-4-6-11/h3-6,10H,7-9H2,1H3/t10-/m0/s1. The van der Waals surface area contributed by atoms with Gasteiger partial charge in [0.2, 0.25) is 0 Å². The fourth-order valence-corrected chi connectivity index (χ4v) is 1.76. The molecule has 0 spiro atoms. The van der Waals surface area contributed by atoms with E-state index in [1.165, 1.54) is 25.2 Å². The summed E-state index contributed by atoms with van der Waals surface area (Å²) in [6.45, 7) is 4.74. The van der Waals surface area contributed by atoms with Crippen LogP contribution in [0.5, 0.6) is 0 Å². The Morgan fingerprint density at radius 3 is 2.75 bits per heavy atom. The second-order valence-corrected chi connectivity index (χ2v) is 3.60. The summed E-state index contributed by atoms with van der Waals surface area (Å²) in [5, 5.41) is 0. The maximum atomic E-state index is 3.04. The molecule has 1 saturated heterocycles. The lowest BCUT2D eigenvalue weighted by atomic mass is 10.2. The number of benzene rings is 1. The van der Waals surface area contributed by atoms with Gasteiger partial charge in [-0.2, -0.15) is 0 Å². The SMILES string of the molecule is C[C@H]1CCN(c2cc[c]cc2)C1. The van der Waals surface area contributed by atoms with Crippen molar-refractivity contribution in [1.29, 1.82) is 0 Å². The molecule has 1 nitrogen and oxygen atoms in total. The van der Waals surface area contributed by atoms with Crippen LogP contribution < -0.4 is 4.90 Å². The van der Waals surface area contributed by atoms with Crippen LogP contribution in [0.25, 0.3) is 0 Å². The molecule has 0 amide bonds. The van der Waals surface area contributed by atoms with Crippen molar-refractivity contribution in [1.82, 2.24) is 0 Å². The van der Waals surface area contributed by atoms with Gasteiger partial charge in [0.15, 0.2) is 0 Å². The maximum Gasteiger partial charge on any atom is 0.0366 e. The van der Waals surface area contributed by atoms with Crippen LogP contribution in [0.2, 0.25) is 0 Å². The summed E-state index contributed by atoms with van der Waals surface area (Å²) in [5.41, 5.74) is 1.35. The summed E-state index contributed by atoms with van der Waals surface area (Å²) in [7, 11) is 0. The van der Waals surface area contributed by atoms with Gasteiger partial charge in [-0.1, -0.05) is 19.1 Å². The Hall–Kier alpha value is -0.980. The summed E-state index contributed by atoms with van der Waals surface area (Å²) in [6, 6.07) is 11.3. The summed E-state index contributed by atoms with van der Waals surface area (Å²) in [4.78, 5) is 2.44. The Kier molecular flexibility index (Phi) is 2.03. The molecule has 1 atom stereocenters. The van der Waals surface area contributed by atoms with Gasteiger partial charge in [0, 0.05) is 18.8 Å². The Morgan fingerprint density at radius 2 is 2.17 bits per heavy atom. The van der Waals surface area contributed by atoms with Crippen LogP contribution in [-0.2, 0) is 0 Å². The van der Waals surface area contributed by atoms with E-state index in [1.54, 1.807) is 0 Å². The number of rotatable bonds is 1. The van der Waals surface area contributed by atoms with Gasteiger partial charge in [-0.25, -0.2) is 0 Å². The first-order valence-electron chi connectivity index (χ1n) is 4.57. The zero-order chi connectivity index (χ0) is 8.39. The van der Waals surface area contributed by atoms with E-state index < -0.39 is 0 Å². The normalized spacial score (nSPS) is 23.1. The third-order valence-corrected chi connectivity index (χ3v) is 2.49. The number of anilines is 1. The molecule has 0 aromatic heterocycles. The summed E-state index contributed by atoms with van der Waals surface area (Å²) in [5.74, 6) is 0.856. The van der Waals surface area contributed by atoms with E-state index in [0.29, 0.717) is 0 Å². The van der Waals surface area contributed by atoms with Crippen molar-refractivity contribution in [3.05, 3.63) is 30.3 Å². The highest BCUT2D eigenvalue weighted by atomic mass is 15.1. The van der Waals surface area contributed by atoms with Crippen molar-refractivity contribution in [2.24, 2.45) is 5.92 Å². The minimum atomic E-state index is 0.856. The van der Waals surface area contributed by atoms with Crippen LogP contribution in [0.4, 0.5) is 5.69 Å². The molecular formula is C11H14N. The van der Waals surface area contributed by atoms with Crippen LogP contribution in [0, 0.1) is 12.0 Å². The van der Waals surface area contributed by atoms with Crippen LogP contribution in [0.15, 0.2) is 24.3 Å². The topological polar surface area (TPSA) is 3.24 Å². The van der Waals surface area contributed by atoms with E-state index in [4.69, 9.17) is 0 Å². The molecule has 0 aliphatic carbocycles. The van der Waals surface area contributed by atoms with E-state index >= 15 is 0 Å². The lowest BCUT2D eigenvalue weighted by Gasteiger charge is -2.17. The average molecular weight is 160 g/mol. The number of hydrogen-bond acceptors (Lipinski definition) is 1. The van der Waals surface area contributed by atoms with E-state index in [-0.39, 0.29) is 0 Å². The van der Waals surface area contributed by atoms with Gasteiger partial charge in [0.25, 0.3) is 0 Å². The highest BCUT2D eigenvalue weighted by molar-refractivity contribution is 5.46. The zero-order valence-corrected chi connectivity index (χ0v) is 7.46. The predicted molar refractivity (Wildman–Crippen MR) is 51.3 cm³/mol. The third kappa shape index (κ3) is 1.45. The molecule has 63 valence electrons. The molecular weight excluding hydrogens is 146 g/mol. The molecule has 12 heavy (non-hydrogen) atoms. The molecule has 1 heterocycles. The maximum absolute atomic E-state index is 3.04. The Balaban J connectivity index is 2.11. The number of hydrogen-bond donors (Lipinski definition) is 0. The fourth-order valence-electron chi connectivity index (χ4n) is 1.76. The Morgan fingerprint density at radius 1 is 1.42 bits per heavy atom. The van der Waals surface area contributed by atoms with E-state index in [0.717, 1.165) is 5.92 Å². The summed E-state index contributed by atoms with van der Waals surface area (Å²) >= 11 is 0. The van der Waals surface area contributed by atoms with E-state index in [1.807, 2.05) is 12.1 Å². The predicted octanol–water partition coefficient (Wildman–Crippen LogP) is 2.33. The molecule has 0 N–H and O–H groups in total. The first-order valence-corrected chi connectivity index (χ1v) is 4.57. The van der Waals surface area contributed by atoms with Gasteiger partial charge in [0.05, 0.1) is 0 Å². The van der Waals surface area contributed by atoms with Crippen molar-refractivity contribution in [3.63, 3.8) is 0 Å². The molecule has 0 unspecified atom stereocenters. The monoisotopic (exact) mass is 160 g/mol. The van der Waals surface area contributed by atoms with Crippen LogP contribution >= 0.6 is 0 Å². The Bertz CT molecular complexity index is 242. The van der Waals surface area contributed by atoms with Crippen molar-refractivity contribution in [3.8, 4) is 0 Å². The Labute approximate surface area is 74.0 Å². The highest BCUT2D eigenvalue weighted by Crippen LogP contribution is 2.22. The van der Waals surface area contributed by atoms with Crippen LogP contribution in [0.3, 0.4) is 0 Å². The lowest BCUT2D eigenvalue weighted by Crippen LogP contribution is -2.18. The van der Waals surface area contributed by atoms with E-state index in [2.05, 4.69) is 30.0 Å². The van der Waals surface area contributed by atoms with Gasteiger partial charge in [-0.15, -0.1) is 0 Å². The second kappa shape index (κ2) is 3.18. The molecule has 1 radical (unpaired) electrons. The number of nitrogens with zero attached hydrogens (tertiary/aromatic N) is 1. The minimum absolute atomic E-state index is 0.856. The first kappa shape index (κ1) is 7.66. The second-order valence-electron chi connectivity index (χ2n) is 3.60. The molecule has 1 aromatic carbocycles. The quantitative estimate of drug-likeness (QED) is 0.609. The van der Waals surface area contributed by atoms with Crippen LogP contribution in [0.1, 0.15) is 13.3 Å². The van der Waals surface area contributed by atoms with Gasteiger partial charge in [-0.3, -0.25) is 0 Å². The van der Waals surface area contributed by atoms with Gasteiger partial charge in [-0.05, 0) is 30.5 Å². The zero-order valence-electron chi connectivity index (χ0n) is 7.46. The van der Waals surface area contributed by atoms with Gasteiger partial charge >= 0.3 is 0 Å². The molecule has 2 rings (SSSR count). The first-order chi connectivity index (χ1) is 5.86. The molecule has 0 saturated carbocycles. The van der Waals surface area contributed by atoms with Crippen molar-refractivity contribution < 1.29 is 0 Å². The van der Waals surface area contributed by atoms with Crippen molar-refractivity contribution in [2.75, 3.05) is 18.0 Å². The van der Waals surface area contributed by atoms with Crippen LogP contribution in [-0.4, -0.2) is 13.1 Å². The average Bonchev–Trinajstić information content (AvgIpc) is 2.54. The molecule has 1 aliphatic heterocycles. The third-order valence-electron chi connectivity index (χ3n) is 2.49. The smallest absolute Gasteiger partial charge is 0.0366 e. The van der Waals surface area contributed by atoms with Gasteiger partial charge < -0.3 is 4.90 Å². The van der Waals surface area contributed by atoms with Crippen molar-refractivity contribution in [2.45, 2.75) is 13.3 Å². The van der Waals surface area contributed by atoms with Crippen molar-refractivity contribution >= 4 is 5.69 Å². The lowest BCUT2D eigenvalue weighted by molar-refractivity contribution is 0.659. The molecule has 1 aromatic rings. The largest absolute Gasteiger partial charge is 0.371 e. The van der Waals surface area contributed by atoms with Gasteiger partial charge in [0.1, 0.15) is 0 Å². The molecule has 0 bridgehead atoms. The molecule has 1 heteroatoms. The molecule has 1 fully saturated rings. The fraction of sp³-hybridized carbons (Fsp3) is 0.455. The van der Waals surface area contributed by atoms with E-state index in [9.17, 15) is 0 Å². The summed E-state index contributed by atoms with van der Waals surface area (Å²) in [6.07, 6.45) is 1.33. The minimum Gasteiger partial charge on any atom is -0.371 e.